The molecular weight excluding hydrogens is 264 g/mol. The Morgan fingerprint density at radius 1 is 1.38 bits per heavy atom. The van der Waals surface area contributed by atoms with E-state index in [1.54, 1.807) is 0 Å². The highest BCUT2D eigenvalue weighted by Gasteiger charge is 2.34. The van der Waals surface area contributed by atoms with Crippen LogP contribution in [0.4, 0.5) is 0 Å². The van der Waals surface area contributed by atoms with E-state index in [2.05, 4.69) is 11.4 Å². The maximum Gasteiger partial charge on any atom is 0.225 e. The van der Waals surface area contributed by atoms with Crippen molar-refractivity contribution >= 4 is 5.91 Å². The second-order valence-electron chi connectivity index (χ2n) is 6.21. The molecule has 2 heterocycles. The fraction of sp³-hybridized carbons (Fsp3) is 0.625. The van der Waals surface area contributed by atoms with E-state index in [-0.39, 0.29) is 0 Å². The number of nitriles is 1. The molecule has 3 rings (SSSR count). The summed E-state index contributed by atoms with van der Waals surface area (Å²) < 4.78 is 1.86. The number of aryl methyl sites for hydroxylation is 1. The molecule has 0 spiro atoms. The van der Waals surface area contributed by atoms with Gasteiger partial charge >= 0.3 is 0 Å². The number of amides is 1. The van der Waals surface area contributed by atoms with E-state index in [1.807, 2.05) is 28.8 Å². The van der Waals surface area contributed by atoms with E-state index in [0.29, 0.717) is 23.6 Å². The van der Waals surface area contributed by atoms with E-state index in [1.165, 1.54) is 0 Å². The molecule has 1 amide bonds. The number of piperidine rings is 1. The fourth-order valence-electron chi connectivity index (χ4n) is 3.00. The summed E-state index contributed by atoms with van der Waals surface area (Å²) in [5, 5.41) is 12.5. The summed E-state index contributed by atoms with van der Waals surface area (Å²) in [4.78, 5) is 14.0. The van der Waals surface area contributed by atoms with Crippen LogP contribution in [0.2, 0.25) is 0 Å². The van der Waals surface area contributed by atoms with Gasteiger partial charge in [-0.05, 0) is 37.3 Å². The predicted molar refractivity (Wildman–Crippen MR) is 79.3 cm³/mol. The smallest absolute Gasteiger partial charge is 0.225 e. The first-order valence-electron chi connectivity index (χ1n) is 7.75. The van der Waals surface area contributed by atoms with Gasteiger partial charge in [0.2, 0.25) is 5.91 Å². The second-order valence-corrected chi connectivity index (χ2v) is 6.21. The van der Waals surface area contributed by atoms with Crippen molar-refractivity contribution in [1.82, 2.24) is 14.8 Å². The van der Waals surface area contributed by atoms with Gasteiger partial charge in [-0.15, -0.1) is 0 Å². The molecule has 1 N–H and O–H groups in total. The molecule has 1 aromatic heterocycles. The molecule has 1 aliphatic heterocycles. The van der Waals surface area contributed by atoms with Gasteiger partial charge < -0.3 is 14.8 Å². The van der Waals surface area contributed by atoms with Crippen molar-refractivity contribution in [3.05, 3.63) is 23.5 Å². The van der Waals surface area contributed by atoms with Gasteiger partial charge in [0.05, 0.1) is 0 Å². The lowest BCUT2D eigenvalue weighted by Crippen LogP contribution is -2.45. The van der Waals surface area contributed by atoms with E-state index >= 15 is 0 Å². The van der Waals surface area contributed by atoms with Gasteiger partial charge in [-0.25, -0.2) is 0 Å². The highest BCUT2D eigenvalue weighted by molar-refractivity contribution is 5.81. The molecule has 0 atom stereocenters. The highest BCUT2D eigenvalue weighted by Crippen LogP contribution is 2.31. The summed E-state index contributed by atoms with van der Waals surface area (Å²) in [6, 6.07) is 4.58. The molecule has 21 heavy (non-hydrogen) atoms. The molecule has 0 aromatic carbocycles. The van der Waals surface area contributed by atoms with Gasteiger partial charge in [0.1, 0.15) is 11.8 Å². The Bertz CT molecular complexity index is 559. The Morgan fingerprint density at radius 3 is 2.67 bits per heavy atom. The molecule has 1 saturated carbocycles. The van der Waals surface area contributed by atoms with E-state index in [0.717, 1.165) is 50.9 Å². The lowest BCUT2D eigenvalue weighted by molar-refractivity contribution is -0.133. The molecule has 2 fully saturated rings. The number of nitrogens with zero attached hydrogens (tertiary/aromatic N) is 3. The topological polar surface area (TPSA) is 61.1 Å². The van der Waals surface area contributed by atoms with E-state index in [9.17, 15) is 4.79 Å². The highest BCUT2D eigenvalue weighted by atomic mass is 16.2. The first-order chi connectivity index (χ1) is 10.2. The van der Waals surface area contributed by atoms with Crippen molar-refractivity contribution in [1.29, 1.82) is 5.26 Å². The number of aromatic nitrogens is 1. The van der Waals surface area contributed by atoms with Crippen molar-refractivity contribution in [2.45, 2.75) is 38.3 Å². The summed E-state index contributed by atoms with van der Waals surface area (Å²) in [6.45, 7) is 2.55. The molecular formula is C16H22N4O. The number of nitrogens with one attached hydrogen (secondary N) is 1. The molecule has 1 aromatic rings. The Balaban J connectivity index is 1.44. The van der Waals surface area contributed by atoms with Crippen molar-refractivity contribution in [2.75, 3.05) is 13.1 Å². The van der Waals surface area contributed by atoms with Crippen LogP contribution < -0.4 is 5.32 Å². The van der Waals surface area contributed by atoms with Crippen molar-refractivity contribution in [2.24, 2.45) is 13.0 Å². The van der Waals surface area contributed by atoms with Gasteiger partial charge in [-0.3, -0.25) is 4.79 Å². The van der Waals surface area contributed by atoms with Crippen molar-refractivity contribution in [3.63, 3.8) is 0 Å². The summed E-state index contributed by atoms with van der Waals surface area (Å²) >= 11 is 0. The lowest BCUT2D eigenvalue weighted by Gasteiger charge is -2.32. The normalized spacial score (nSPS) is 19.5. The van der Waals surface area contributed by atoms with Gasteiger partial charge in [0, 0.05) is 44.8 Å². The number of carbonyl (C=O) groups is 1. The quantitative estimate of drug-likeness (QED) is 0.910. The van der Waals surface area contributed by atoms with Crippen LogP contribution in [0.3, 0.4) is 0 Å². The molecule has 1 saturated heterocycles. The number of hydrogen-bond donors (Lipinski definition) is 1. The first kappa shape index (κ1) is 14.2. The molecule has 2 aliphatic rings. The zero-order chi connectivity index (χ0) is 14.8. The zero-order valence-electron chi connectivity index (χ0n) is 12.5. The zero-order valence-corrected chi connectivity index (χ0v) is 12.5. The average Bonchev–Trinajstić information content (AvgIpc) is 3.29. The maximum absolute atomic E-state index is 12.0. The van der Waals surface area contributed by atoms with Crippen LogP contribution in [0.5, 0.6) is 0 Å². The molecule has 0 unspecified atom stereocenters. The van der Waals surface area contributed by atoms with Crippen LogP contribution in [0, 0.1) is 17.2 Å². The largest absolute Gasteiger partial charge is 0.342 e. The summed E-state index contributed by atoms with van der Waals surface area (Å²) in [7, 11) is 1.89. The van der Waals surface area contributed by atoms with Crippen molar-refractivity contribution in [3.8, 4) is 6.07 Å². The molecule has 0 radical (unpaired) electrons. The monoisotopic (exact) mass is 286 g/mol. The van der Waals surface area contributed by atoms with Gasteiger partial charge in [-0.1, -0.05) is 0 Å². The minimum Gasteiger partial charge on any atom is -0.342 e. The van der Waals surface area contributed by atoms with Crippen LogP contribution in [0.25, 0.3) is 0 Å². The third kappa shape index (κ3) is 3.27. The van der Waals surface area contributed by atoms with Gasteiger partial charge in [-0.2, -0.15) is 5.26 Å². The Hall–Kier alpha value is -1.80. The minimum absolute atomic E-state index is 0.336. The van der Waals surface area contributed by atoms with E-state index < -0.39 is 0 Å². The van der Waals surface area contributed by atoms with Crippen LogP contribution >= 0.6 is 0 Å². The standard InChI is InChI=1S/C16H22N4O/c1-19-11-12(8-15(19)9-17)10-18-14-4-6-20(7-5-14)16(21)13-2-3-13/h8,11,13-14,18H,2-7,10H2,1H3. The van der Waals surface area contributed by atoms with E-state index in [4.69, 9.17) is 5.26 Å². The molecule has 112 valence electrons. The number of likely N-dealkylation sites (tertiary alicyclic amines) is 1. The van der Waals surface area contributed by atoms with Crippen LogP contribution in [0.1, 0.15) is 36.9 Å². The van der Waals surface area contributed by atoms with Crippen LogP contribution in [-0.4, -0.2) is 34.5 Å². The van der Waals surface area contributed by atoms with Crippen LogP contribution in [-0.2, 0) is 18.4 Å². The fourth-order valence-corrected chi connectivity index (χ4v) is 3.00. The minimum atomic E-state index is 0.336. The molecule has 5 heteroatoms. The summed E-state index contributed by atoms with van der Waals surface area (Å²) in [6.07, 6.45) is 6.22. The predicted octanol–water partition coefficient (Wildman–Crippen LogP) is 1.39. The third-order valence-electron chi connectivity index (χ3n) is 4.50. The number of rotatable bonds is 4. The van der Waals surface area contributed by atoms with Gasteiger partial charge in [0.25, 0.3) is 0 Å². The maximum atomic E-state index is 12.0. The van der Waals surface area contributed by atoms with Crippen LogP contribution in [0.15, 0.2) is 12.3 Å². The Labute approximate surface area is 125 Å². The Kier molecular flexibility index (Phi) is 3.98. The number of hydrogen-bond acceptors (Lipinski definition) is 3. The van der Waals surface area contributed by atoms with Crippen molar-refractivity contribution < 1.29 is 4.79 Å². The molecule has 0 bridgehead atoms. The SMILES string of the molecule is Cn1cc(CNC2CCN(C(=O)C3CC3)CC2)cc1C#N. The summed E-state index contributed by atoms with van der Waals surface area (Å²) in [5.41, 5.74) is 1.84. The third-order valence-corrected chi connectivity index (χ3v) is 4.50. The first-order valence-corrected chi connectivity index (χ1v) is 7.75. The average molecular weight is 286 g/mol. The summed E-state index contributed by atoms with van der Waals surface area (Å²) in [5.74, 6) is 0.707. The number of carbonyl (C=O) groups excluding carboxylic acids is 1. The Morgan fingerprint density at radius 2 is 2.10 bits per heavy atom. The second kappa shape index (κ2) is 5.90. The van der Waals surface area contributed by atoms with Gasteiger partial charge in [0.15, 0.2) is 0 Å². The molecule has 5 nitrogen and oxygen atoms in total. The lowest BCUT2D eigenvalue weighted by atomic mass is 10.0. The molecule has 1 aliphatic carbocycles.